The van der Waals surface area contributed by atoms with Gasteiger partial charge in [-0.15, -0.1) is 0 Å². The minimum Gasteiger partial charge on any atom is -0.394 e. The molecule has 0 aromatic heterocycles. The Bertz CT molecular complexity index is 691. The molecule has 28 heavy (non-hydrogen) atoms. The average Bonchev–Trinajstić information content (AvgIpc) is 2.70. The summed E-state index contributed by atoms with van der Waals surface area (Å²) in [5.41, 5.74) is 10.3. The molecule has 0 saturated carbocycles. The van der Waals surface area contributed by atoms with E-state index in [9.17, 15) is 5.11 Å². The van der Waals surface area contributed by atoms with E-state index in [1.807, 2.05) is 0 Å². The van der Waals surface area contributed by atoms with Crippen LogP contribution < -0.4 is 5.73 Å². The molecule has 5 N–H and O–H groups in total. The Kier molecular flexibility index (Phi) is 9.52. The first-order chi connectivity index (χ1) is 13.4. The Hall–Kier alpha value is -1.33. The van der Waals surface area contributed by atoms with Crippen molar-refractivity contribution in [3.8, 4) is 0 Å². The lowest BCUT2D eigenvalue weighted by Gasteiger charge is -2.27. The molecule has 0 fully saturated rings. The van der Waals surface area contributed by atoms with Gasteiger partial charge in [0.2, 0.25) is 0 Å². The molecule has 0 aliphatic heterocycles. The largest absolute Gasteiger partial charge is 0.394 e. The number of aliphatic hydroxyl groups excluding tert-OH is 1. The number of rotatable bonds is 12. The van der Waals surface area contributed by atoms with Crippen LogP contribution in [0.2, 0.25) is 0 Å². The Morgan fingerprint density at radius 1 is 0.857 bits per heavy atom. The molecule has 0 spiro atoms. The quantitative estimate of drug-likeness (QED) is 0.321. The van der Waals surface area contributed by atoms with E-state index in [4.69, 9.17) is 20.0 Å². The van der Waals surface area contributed by atoms with Gasteiger partial charge in [-0.3, -0.25) is 0 Å². The number of benzene rings is 2. The zero-order valence-electron chi connectivity index (χ0n) is 16.6. The number of aryl methyl sites for hydroxylation is 4. The van der Waals surface area contributed by atoms with Gasteiger partial charge in [-0.05, 0) is 62.1 Å². The molecule has 0 bridgehead atoms. The number of nitrogens with two attached hydrogens (primary N) is 1. The van der Waals surface area contributed by atoms with Crippen molar-refractivity contribution in [3.05, 3.63) is 70.8 Å². The minimum absolute atomic E-state index is 0.0821. The predicted octanol–water partition coefficient (Wildman–Crippen LogP) is 3.41. The summed E-state index contributed by atoms with van der Waals surface area (Å²) < 4.78 is 4.79. The van der Waals surface area contributed by atoms with Crippen LogP contribution in [0.4, 0.5) is 0 Å². The fourth-order valence-corrected chi connectivity index (χ4v) is 3.43. The van der Waals surface area contributed by atoms with E-state index >= 15 is 0 Å². The first-order valence-electron chi connectivity index (χ1n) is 9.74. The van der Waals surface area contributed by atoms with Gasteiger partial charge >= 0.3 is 8.60 Å². The second-order valence-corrected chi connectivity index (χ2v) is 8.32. The zero-order valence-corrected chi connectivity index (χ0v) is 17.4. The average molecular weight is 405 g/mol. The van der Waals surface area contributed by atoms with Crippen molar-refractivity contribution < 1.29 is 19.4 Å². The van der Waals surface area contributed by atoms with Crippen LogP contribution in [-0.2, 0) is 23.8 Å². The van der Waals surface area contributed by atoms with Gasteiger partial charge in [0.15, 0.2) is 0 Å². The molecule has 5 nitrogen and oxygen atoms in total. The third-order valence-electron chi connectivity index (χ3n) is 5.02. The SMILES string of the molecule is Cc1ccc(CCCCc2ccc(CCC(N)(CO)COP(O)O)cc2)cc1. The molecule has 1 atom stereocenters. The second kappa shape index (κ2) is 11.6. The first-order valence-corrected chi connectivity index (χ1v) is 10.9. The van der Waals surface area contributed by atoms with Crippen LogP contribution in [0, 0.1) is 6.92 Å². The van der Waals surface area contributed by atoms with Crippen LogP contribution in [-0.4, -0.2) is 33.6 Å². The van der Waals surface area contributed by atoms with Crippen molar-refractivity contribution >= 4 is 8.60 Å². The summed E-state index contributed by atoms with van der Waals surface area (Å²) in [6.45, 7) is 1.76. The van der Waals surface area contributed by atoms with Crippen molar-refractivity contribution in [2.75, 3.05) is 13.2 Å². The fraction of sp³-hybridized carbons (Fsp3) is 0.455. The van der Waals surface area contributed by atoms with Crippen LogP contribution in [0.25, 0.3) is 0 Å². The summed E-state index contributed by atoms with van der Waals surface area (Å²) in [5.74, 6) is 0. The lowest BCUT2D eigenvalue weighted by molar-refractivity contribution is 0.117. The first kappa shape index (κ1) is 23.0. The van der Waals surface area contributed by atoms with Gasteiger partial charge in [-0.1, -0.05) is 54.1 Å². The van der Waals surface area contributed by atoms with Gasteiger partial charge < -0.3 is 25.2 Å². The Balaban J connectivity index is 1.72. The van der Waals surface area contributed by atoms with E-state index in [0.29, 0.717) is 12.8 Å². The van der Waals surface area contributed by atoms with Crippen molar-refractivity contribution in [3.63, 3.8) is 0 Å². The van der Waals surface area contributed by atoms with Crippen LogP contribution in [0.5, 0.6) is 0 Å². The van der Waals surface area contributed by atoms with E-state index in [-0.39, 0.29) is 13.2 Å². The Morgan fingerprint density at radius 3 is 1.79 bits per heavy atom. The van der Waals surface area contributed by atoms with E-state index in [0.717, 1.165) is 24.8 Å². The van der Waals surface area contributed by atoms with Crippen molar-refractivity contribution in [1.29, 1.82) is 0 Å². The van der Waals surface area contributed by atoms with Crippen LogP contribution in [0.15, 0.2) is 48.5 Å². The van der Waals surface area contributed by atoms with E-state index < -0.39 is 14.1 Å². The zero-order chi connectivity index (χ0) is 20.4. The summed E-state index contributed by atoms with van der Waals surface area (Å²) in [6.07, 6.45) is 5.71. The fourth-order valence-electron chi connectivity index (χ4n) is 3.06. The lowest BCUT2D eigenvalue weighted by atomic mass is 9.93. The lowest BCUT2D eigenvalue weighted by Crippen LogP contribution is -2.48. The number of hydrogen-bond acceptors (Lipinski definition) is 5. The van der Waals surface area contributed by atoms with E-state index in [2.05, 4.69) is 55.5 Å². The van der Waals surface area contributed by atoms with Crippen LogP contribution in [0.3, 0.4) is 0 Å². The van der Waals surface area contributed by atoms with Gasteiger partial charge in [0.25, 0.3) is 0 Å². The molecular weight excluding hydrogens is 373 g/mol. The maximum Gasteiger partial charge on any atom is 0.327 e. The number of hydrogen-bond donors (Lipinski definition) is 4. The molecule has 0 amide bonds. The van der Waals surface area contributed by atoms with E-state index in [1.54, 1.807) is 0 Å². The van der Waals surface area contributed by atoms with Gasteiger partial charge in [0.1, 0.15) is 0 Å². The highest BCUT2D eigenvalue weighted by atomic mass is 31.2. The van der Waals surface area contributed by atoms with Crippen LogP contribution >= 0.6 is 8.60 Å². The standard InChI is InChI=1S/C22H32NO4P/c1-18-6-8-19(9-7-18)4-2-3-5-20-10-12-21(13-11-20)14-15-22(23,16-24)17-27-28(25)26/h6-13,24-26H,2-5,14-17,23H2,1H3. The monoisotopic (exact) mass is 405 g/mol. The highest BCUT2D eigenvalue weighted by Crippen LogP contribution is 2.27. The minimum atomic E-state index is -2.46. The van der Waals surface area contributed by atoms with E-state index in [1.165, 1.54) is 23.1 Å². The third-order valence-corrected chi connectivity index (χ3v) is 5.38. The molecule has 0 saturated heterocycles. The molecule has 154 valence electrons. The summed E-state index contributed by atoms with van der Waals surface area (Å²) in [6, 6.07) is 17.2. The van der Waals surface area contributed by atoms with Gasteiger partial charge in [0.05, 0.1) is 18.8 Å². The summed E-state index contributed by atoms with van der Waals surface area (Å²) in [4.78, 5) is 17.7. The summed E-state index contributed by atoms with van der Waals surface area (Å²) in [7, 11) is -2.46. The smallest absolute Gasteiger partial charge is 0.327 e. The number of aliphatic hydroxyl groups is 1. The number of unbranched alkanes of at least 4 members (excludes halogenated alkanes) is 1. The molecule has 0 aliphatic carbocycles. The molecule has 2 aromatic carbocycles. The topological polar surface area (TPSA) is 95.9 Å². The van der Waals surface area contributed by atoms with Crippen LogP contribution in [0.1, 0.15) is 41.5 Å². The van der Waals surface area contributed by atoms with Gasteiger partial charge in [-0.25, -0.2) is 0 Å². The molecule has 0 aliphatic rings. The predicted molar refractivity (Wildman–Crippen MR) is 114 cm³/mol. The normalized spacial score (nSPS) is 13.6. The molecule has 0 radical (unpaired) electrons. The van der Waals surface area contributed by atoms with Gasteiger partial charge in [0, 0.05) is 0 Å². The molecule has 2 rings (SSSR count). The Labute approximate surface area is 169 Å². The maximum atomic E-state index is 9.48. The molecule has 6 heteroatoms. The third kappa shape index (κ3) is 8.36. The second-order valence-electron chi connectivity index (χ2n) is 7.56. The van der Waals surface area contributed by atoms with Crippen molar-refractivity contribution in [2.45, 2.75) is 51.0 Å². The van der Waals surface area contributed by atoms with Crippen molar-refractivity contribution in [2.24, 2.45) is 5.73 Å². The molecule has 2 aromatic rings. The van der Waals surface area contributed by atoms with Gasteiger partial charge in [-0.2, -0.15) is 0 Å². The van der Waals surface area contributed by atoms with Crippen molar-refractivity contribution in [1.82, 2.24) is 0 Å². The highest BCUT2D eigenvalue weighted by Gasteiger charge is 2.25. The molecular formula is C22H32NO4P. The maximum absolute atomic E-state index is 9.48. The highest BCUT2D eigenvalue weighted by molar-refractivity contribution is 7.39. The summed E-state index contributed by atoms with van der Waals surface area (Å²) in [5, 5.41) is 9.48. The summed E-state index contributed by atoms with van der Waals surface area (Å²) >= 11 is 0. The molecule has 0 heterocycles. The Morgan fingerprint density at radius 2 is 1.32 bits per heavy atom. The molecule has 1 unspecified atom stereocenters.